The second-order valence-electron chi connectivity index (χ2n) is 5.68. The second-order valence-corrected chi connectivity index (χ2v) is 5.68. The highest BCUT2D eigenvalue weighted by atomic mass is 15.3. The fourth-order valence-corrected chi connectivity index (χ4v) is 2.97. The summed E-state index contributed by atoms with van der Waals surface area (Å²) in [4.78, 5) is 5.24. The van der Waals surface area contributed by atoms with Gasteiger partial charge in [0, 0.05) is 38.3 Å². The van der Waals surface area contributed by atoms with Gasteiger partial charge in [-0.25, -0.2) is 0 Å². The Balaban J connectivity index is 2.35. The summed E-state index contributed by atoms with van der Waals surface area (Å²) in [6.07, 6.45) is 3.83. The van der Waals surface area contributed by atoms with Crippen molar-refractivity contribution in [3.63, 3.8) is 0 Å². The number of likely N-dealkylation sites (N-methyl/N-ethyl adjacent to an activating group) is 1. The monoisotopic (exact) mass is 255 g/mol. The van der Waals surface area contributed by atoms with Crippen LogP contribution in [0.3, 0.4) is 0 Å². The van der Waals surface area contributed by atoms with E-state index in [0.717, 1.165) is 12.6 Å². The molecule has 1 aliphatic heterocycles. The minimum Gasteiger partial charge on any atom is -0.313 e. The van der Waals surface area contributed by atoms with Crippen molar-refractivity contribution in [3.05, 3.63) is 0 Å². The van der Waals surface area contributed by atoms with Gasteiger partial charge >= 0.3 is 0 Å². The zero-order valence-electron chi connectivity index (χ0n) is 12.9. The molecule has 108 valence electrons. The molecule has 1 fully saturated rings. The summed E-state index contributed by atoms with van der Waals surface area (Å²) < 4.78 is 0. The van der Waals surface area contributed by atoms with Crippen molar-refractivity contribution in [2.75, 3.05) is 39.3 Å². The second kappa shape index (κ2) is 8.89. The van der Waals surface area contributed by atoms with Crippen molar-refractivity contribution in [1.29, 1.82) is 0 Å². The third-order valence-corrected chi connectivity index (χ3v) is 4.05. The lowest BCUT2D eigenvalue weighted by Gasteiger charge is -2.40. The van der Waals surface area contributed by atoms with Gasteiger partial charge in [-0.15, -0.1) is 0 Å². The van der Waals surface area contributed by atoms with Crippen LogP contribution in [0.5, 0.6) is 0 Å². The Morgan fingerprint density at radius 2 is 1.94 bits per heavy atom. The molecule has 3 nitrogen and oxygen atoms in total. The number of hydrogen-bond acceptors (Lipinski definition) is 3. The molecule has 2 atom stereocenters. The van der Waals surface area contributed by atoms with Crippen LogP contribution in [0.15, 0.2) is 0 Å². The lowest BCUT2D eigenvalue weighted by Crippen LogP contribution is -2.54. The van der Waals surface area contributed by atoms with E-state index in [1.165, 1.54) is 52.0 Å². The van der Waals surface area contributed by atoms with Crippen LogP contribution in [0.2, 0.25) is 0 Å². The minimum absolute atomic E-state index is 0.690. The first kappa shape index (κ1) is 15.9. The molecule has 0 aromatic carbocycles. The first-order valence-electron chi connectivity index (χ1n) is 7.90. The Morgan fingerprint density at radius 3 is 2.50 bits per heavy atom. The van der Waals surface area contributed by atoms with Crippen LogP contribution in [-0.2, 0) is 0 Å². The average Bonchev–Trinajstić information content (AvgIpc) is 2.36. The Morgan fingerprint density at radius 1 is 1.17 bits per heavy atom. The molecule has 2 unspecified atom stereocenters. The maximum Gasteiger partial charge on any atom is 0.0195 e. The van der Waals surface area contributed by atoms with Gasteiger partial charge in [-0.2, -0.15) is 0 Å². The zero-order chi connectivity index (χ0) is 13.4. The van der Waals surface area contributed by atoms with Crippen LogP contribution in [0, 0.1) is 0 Å². The molecule has 0 aromatic rings. The van der Waals surface area contributed by atoms with Gasteiger partial charge in [0.1, 0.15) is 0 Å². The Labute approximate surface area is 114 Å². The summed E-state index contributed by atoms with van der Waals surface area (Å²) >= 11 is 0. The molecular formula is C15H33N3. The fraction of sp³-hybridized carbons (Fsp3) is 1.00. The topological polar surface area (TPSA) is 18.5 Å². The summed E-state index contributed by atoms with van der Waals surface area (Å²) in [6, 6.07) is 1.41. The Hall–Kier alpha value is -0.120. The van der Waals surface area contributed by atoms with Gasteiger partial charge in [0.25, 0.3) is 0 Å². The molecule has 1 N–H and O–H groups in total. The molecule has 3 heteroatoms. The Kier molecular flexibility index (Phi) is 7.87. The summed E-state index contributed by atoms with van der Waals surface area (Å²) in [5, 5.41) is 3.70. The van der Waals surface area contributed by atoms with E-state index in [9.17, 15) is 0 Å². The smallest absolute Gasteiger partial charge is 0.0195 e. The summed E-state index contributed by atoms with van der Waals surface area (Å²) in [7, 11) is 0. The average molecular weight is 255 g/mol. The number of hydrogen-bond donors (Lipinski definition) is 1. The highest BCUT2D eigenvalue weighted by molar-refractivity contribution is 4.81. The van der Waals surface area contributed by atoms with Gasteiger partial charge < -0.3 is 5.32 Å². The molecule has 0 radical (unpaired) electrons. The fourth-order valence-electron chi connectivity index (χ4n) is 2.97. The standard InChI is InChI=1S/C15H33N3/c1-5-8-15(16-9-6-2)13-17-10-11-18(7-3)14(4)12-17/h14-16H,5-13H2,1-4H3. The van der Waals surface area contributed by atoms with Crippen molar-refractivity contribution in [2.45, 2.75) is 59.0 Å². The van der Waals surface area contributed by atoms with Gasteiger partial charge in [0.15, 0.2) is 0 Å². The van der Waals surface area contributed by atoms with Crippen LogP contribution >= 0.6 is 0 Å². The quantitative estimate of drug-likeness (QED) is 0.717. The molecule has 1 aliphatic rings. The highest BCUT2D eigenvalue weighted by Crippen LogP contribution is 2.10. The van der Waals surface area contributed by atoms with Crippen LogP contribution in [0.4, 0.5) is 0 Å². The van der Waals surface area contributed by atoms with E-state index in [1.54, 1.807) is 0 Å². The first-order valence-corrected chi connectivity index (χ1v) is 7.90. The number of rotatable bonds is 8. The van der Waals surface area contributed by atoms with Gasteiger partial charge in [-0.3, -0.25) is 9.80 Å². The number of nitrogens with one attached hydrogen (secondary N) is 1. The third-order valence-electron chi connectivity index (χ3n) is 4.05. The lowest BCUT2D eigenvalue weighted by atomic mass is 10.1. The zero-order valence-corrected chi connectivity index (χ0v) is 12.9. The molecule has 1 rings (SSSR count). The van der Waals surface area contributed by atoms with Gasteiger partial charge in [0.05, 0.1) is 0 Å². The largest absolute Gasteiger partial charge is 0.313 e. The van der Waals surface area contributed by atoms with E-state index in [-0.39, 0.29) is 0 Å². The normalized spacial score (nSPS) is 24.3. The predicted octanol–water partition coefficient (Wildman–Crippen LogP) is 2.18. The van der Waals surface area contributed by atoms with E-state index < -0.39 is 0 Å². The SMILES string of the molecule is CCCNC(CCC)CN1CCN(CC)C(C)C1. The molecule has 0 aromatic heterocycles. The summed E-state index contributed by atoms with van der Waals surface area (Å²) in [5.74, 6) is 0. The summed E-state index contributed by atoms with van der Waals surface area (Å²) in [6.45, 7) is 16.5. The van der Waals surface area contributed by atoms with Crippen molar-refractivity contribution in [1.82, 2.24) is 15.1 Å². The molecule has 0 spiro atoms. The third kappa shape index (κ3) is 5.25. The van der Waals surface area contributed by atoms with Crippen LogP contribution in [0.25, 0.3) is 0 Å². The van der Waals surface area contributed by atoms with Gasteiger partial charge in [-0.05, 0) is 32.9 Å². The number of nitrogens with zero attached hydrogens (tertiary/aromatic N) is 2. The molecule has 0 saturated carbocycles. The van der Waals surface area contributed by atoms with Crippen LogP contribution in [-0.4, -0.2) is 61.2 Å². The highest BCUT2D eigenvalue weighted by Gasteiger charge is 2.23. The maximum absolute atomic E-state index is 3.70. The van der Waals surface area contributed by atoms with Crippen molar-refractivity contribution in [3.8, 4) is 0 Å². The molecule has 0 aliphatic carbocycles. The Bertz CT molecular complexity index is 208. The molecular weight excluding hydrogens is 222 g/mol. The van der Waals surface area contributed by atoms with E-state index in [2.05, 4.69) is 42.8 Å². The number of piperazine rings is 1. The van der Waals surface area contributed by atoms with E-state index in [0.29, 0.717) is 6.04 Å². The molecule has 0 amide bonds. The van der Waals surface area contributed by atoms with Crippen LogP contribution < -0.4 is 5.32 Å². The van der Waals surface area contributed by atoms with Crippen molar-refractivity contribution >= 4 is 0 Å². The predicted molar refractivity (Wildman–Crippen MR) is 80.1 cm³/mol. The van der Waals surface area contributed by atoms with Gasteiger partial charge in [-0.1, -0.05) is 27.2 Å². The lowest BCUT2D eigenvalue weighted by molar-refractivity contribution is 0.0804. The van der Waals surface area contributed by atoms with Gasteiger partial charge in [0.2, 0.25) is 0 Å². The molecule has 18 heavy (non-hydrogen) atoms. The maximum atomic E-state index is 3.70. The first-order chi connectivity index (χ1) is 8.71. The summed E-state index contributed by atoms with van der Waals surface area (Å²) in [5.41, 5.74) is 0. The van der Waals surface area contributed by atoms with E-state index in [4.69, 9.17) is 0 Å². The van der Waals surface area contributed by atoms with E-state index >= 15 is 0 Å². The minimum atomic E-state index is 0.690. The van der Waals surface area contributed by atoms with Crippen molar-refractivity contribution in [2.24, 2.45) is 0 Å². The molecule has 0 bridgehead atoms. The van der Waals surface area contributed by atoms with Crippen molar-refractivity contribution < 1.29 is 0 Å². The van der Waals surface area contributed by atoms with Crippen LogP contribution in [0.1, 0.15) is 47.0 Å². The molecule has 1 heterocycles. The van der Waals surface area contributed by atoms with E-state index in [1.807, 2.05) is 0 Å². The molecule has 1 saturated heterocycles.